The first-order chi connectivity index (χ1) is 8.75. The van der Waals surface area contributed by atoms with Gasteiger partial charge in [-0.2, -0.15) is 5.10 Å². The van der Waals surface area contributed by atoms with Crippen LogP contribution in [0.25, 0.3) is 11.1 Å². The smallest absolute Gasteiger partial charge is 0.0672 e. The van der Waals surface area contributed by atoms with Crippen LogP contribution in [-0.4, -0.2) is 22.9 Å². The summed E-state index contributed by atoms with van der Waals surface area (Å²) in [5, 5.41) is 8.08. The number of hydrogen-bond acceptors (Lipinski definition) is 2. The molecule has 1 aromatic heterocycles. The van der Waals surface area contributed by atoms with Crippen molar-refractivity contribution < 1.29 is 0 Å². The first-order valence-corrected chi connectivity index (χ1v) is 6.58. The van der Waals surface area contributed by atoms with Gasteiger partial charge in [-0.15, -0.1) is 0 Å². The number of hydrogen-bond donors (Lipinski definition) is 1. The van der Waals surface area contributed by atoms with Gasteiger partial charge in [-0.3, -0.25) is 4.68 Å². The molecule has 0 bridgehead atoms. The molecule has 0 spiro atoms. The Morgan fingerprint density at radius 2 is 2.06 bits per heavy atom. The Balaban J connectivity index is 2.00. The van der Waals surface area contributed by atoms with Gasteiger partial charge in [-0.25, -0.2) is 0 Å². The van der Waals surface area contributed by atoms with E-state index in [0.717, 1.165) is 18.8 Å². The molecule has 3 rings (SSSR count). The third kappa shape index (κ3) is 1.95. The predicted molar refractivity (Wildman–Crippen MR) is 73.7 cm³/mol. The van der Waals surface area contributed by atoms with Gasteiger partial charge in [0.15, 0.2) is 0 Å². The minimum absolute atomic E-state index is 0.515. The molecule has 0 amide bonds. The van der Waals surface area contributed by atoms with Crippen molar-refractivity contribution in [2.75, 3.05) is 13.1 Å². The lowest BCUT2D eigenvalue weighted by Crippen LogP contribution is -2.13. The molecule has 1 atom stereocenters. The average Bonchev–Trinajstić information content (AvgIpc) is 2.99. The second-order valence-corrected chi connectivity index (χ2v) is 5.07. The fraction of sp³-hybridized carbons (Fsp3) is 0.400. The van der Waals surface area contributed by atoms with Crippen LogP contribution >= 0.6 is 0 Å². The highest BCUT2D eigenvalue weighted by atomic mass is 15.3. The van der Waals surface area contributed by atoms with Crippen molar-refractivity contribution in [1.29, 1.82) is 0 Å². The van der Waals surface area contributed by atoms with Gasteiger partial charge in [0.1, 0.15) is 0 Å². The number of benzene rings is 1. The van der Waals surface area contributed by atoms with E-state index in [4.69, 9.17) is 0 Å². The molecule has 3 nitrogen and oxygen atoms in total. The zero-order chi connectivity index (χ0) is 12.5. The highest BCUT2D eigenvalue weighted by Gasteiger charge is 2.19. The van der Waals surface area contributed by atoms with Gasteiger partial charge in [0.05, 0.1) is 11.7 Å². The molecule has 1 fully saturated rings. The molecule has 1 aliphatic rings. The standard InChI is InChI=1S/C15H19N3/c1-11-5-3-4-6-14(11)15-10-18(17-12(15)2)13-7-8-16-9-13/h3-6,10,13,16H,7-9H2,1-2H3. The molecule has 1 unspecified atom stereocenters. The zero-order valence-corrected chi connectivity index (χ0v) is 11.0. The summed E-state index contributed by atoms with van der Waals surface area (Å²) >= 11 is 0. The molecule has 0 aliphatic carbocycles. The van der Waals surface area contributed by atoms with Crippen LogP contribution in [0.3, 0.4) is 0 Å². The van der Waals surface area contributed by atoms with E-state index < -0.39 is 0 Å². The van der Waals surface area contributed by atoms with Crippen molar-refractivity contribution in [3.63, 3.8) is 0 Å². The molecule has 1 N–H and O–H groups in total. The normalized spacial score (nSPS) is 19.3. The predicted octanol–water partition coefficient (Wildman–Crippen LogP) is 2.70. The van der Waals surface area contributed by atoms with E-state index in [2.05, 4.69) is 59.4 Å². The summed E-state index contributed by atoms with van der Waals surface area (Å²) in [6.07, 6.45) is 3.38. The average molecular weight is 241 g/mol. The lowest BCUT2D eigenvalue weighted by molar-refractivity contribution is 0.488. The van der Waals surface area contributed by atoms with Crippen molar-refractivity contribution in [2.24, 2.45) is 0 Å². The Morgan fingerprint density at radius 1 is 1.22 bits per heavy atom. The zero-order valence-electron chi connectivity index (χ0n) is 11.0. The number of nitrogens with zero attached hydrogens (tertiary/aromatic N) is 2. The van der Waals surface area contributed by atoms with Gasteiger partial charge in [0.2, 0.25) is 0 Å². The molecule has 3 heteroatoms. The fourth-order valence-electron chi connectivity index (χ4n) is 2.67. The molecule has 2 aromatic rings. The quantitative estimate of drug-likeness (QED) is 0.876. The van der Waals surface area contributed by atoms with Crippen LogP contribution in [0.15, 0.2) is 30.5 Å². The van der Waals surface area contributed by atoms with Crippen LogP contribution in [0.5, 0.6) is 0 Å². The van der Waals surface area contributed by atoms with Crippen LogP contribution in [0.1, 0.15) is 23.7 Å². The monoisotopic (exact) mass is 241 g/mol. The van der Waals surface area contributed by atoms with Crippen molar-refractivity contribution in [3.05, 3.63) is 41.7 Å². The summed E-state index contributed by atoms with van der Waals surface area (Å²) in [7, 11) is 0. The van der Waals surface area contributed by atoms with E-state index in [0.29, 0.717) is 6.04 Å². The van der Waals surface area contributed by atoms with Crippen LogP contribution < -0.4 is 5.32 Å². The molecule has 1 aromatic carbocycles. The minimum Gasteiger partial charge on any atom is -0.315 e. The highest BCUT2D eigenvalue weighted by Crippen LogP contribution is 2.27. The van der Waals surface area contributed by atoms with E-state index in [9.17, 15) is 0 Å². The summed E-state index contributed by atoms with van der Waals surface area (Å²) in [6, 6.07) is 9.02. The number of nitrogens with one attached hydrogen (secondary N) is 1. The Labute approximate surface area is 108 Å². The first-order valence-electron chi connectivity index (χ1n) is 6.58. The molecule has 1 aliphatic heterocycles. The van der Waals surface area contributed by atoms with Crippen LogP contribution in [0.4, 0.5) is 0 Å². The van der Waals surface area contributed by atoms with Gasteiger partial charge in [0, 0.05) is 18.3 Å². The summed E-state index contributed by atoms with van der Waals surface area (Å²) < 4.78 is 2.14. The van der Waals surface area contributed by atoms with Gasteiger partial charge < -0.3 is 5.32 Å². The third-order valence-electron chi connectivity index (χ3n) is 3.76. The van der Waals surface area contributed by atoms with Gasteiger partial charge in [0.25, 0.3) is 0 Å². The Kier molecular flexibility index (Phi) is 2.92. The van der Waals surface area contributed by atoms with E-state index in [1.165, 1.54) is 23.1 Å². The SMILES string of the molecule is Cc1ccccc1-c1cn(C2CCNC2)nc1C. The lowest BCUT2D eigenvalue weighted by atomic mass is 10.0. The lowest BCUT2D eigenvalue weighted by Gasteiger charge is -2.08. The van der Waals surface area contributed by atoms with Crippen molar-refractivity contribution in [1.82, 2.24) is 15.1 Å². The summed E-state index contributed by atoms with van der Waals surface area (Å²) in [6.45, 7) is 6.39. The Hall–Kier alpha value is -1.61. The fourth-order valence-corrected chi connectivity index (χ4v) is 2.67. The maximum atomic E-state index is 4.69. The van der Waals surface area contributed by atoms with Gasteiger partial charge in [-0.1, -0.05) is 24.3 Å². The van der Waals surface area contributed by atoms with Crippen LogP contribution in [0.2, 0.25) is 0 Å². The largest absolute Gasteiger partial charge is 0.315 e. The maximum absolute atomic E-state index is 4.69. The Bertz CT molecular complexity index is 551. The van der Waals surface area contributed by atoms with Crippen molar-refractivity contribution in [3.8, 4) is 11.1 Å². The molecular formula is C15H19N3. The van der Waals surface area contributed by atoms with Gasteiger partial charge >= 0.3 is 0 Å². The molecule has 2 heterocycles. The minimum atomic E-state index is 0.515. The van der Waals surface area contributed by atoms with E-state index in [1.807, 2.05) is 0 Å². The molecule has 0 radical (unpaired) electrons. The molecule has 94 valence electrons. The first kappa shape index (κ1) is 11.5. The van der Waals surface area contributed by atoms with Crippen LogP contribution in [-0.2, 0) is 0 Å². The molecule has 0 saturated carbocycles. The van der Waals surface area contributed by atoms with Gasteiger partial charge in [-0.05, 0) is 37.9 Å². The van der Waals surface area contributed by atoms with Crippen molar-refractivity contribution in [2.45, 2.75) is 26.3 Å². The maximum Gasteiger partial charge on any atom is 0.0672 e. The van der Waals surface area contributed by atoms with E-state index in [-0.39, 0.29) is 0 Å². The number of rotatable bonds is 2. The molecule has 18 heavy (non-hydrogen) atoms. The van der Waals surface area contributed by atoms with E-state index >= 15 is 0 Å². The second kappa shape index (κ2) is 4.58. The van der Waals surface area contributed by atoms with Crippen molar-refractivity contribution >= 4 is 0 Å². The highest BCUT2D eigenvalue weighted by molar-refractivity contribution is 5.68. The van der Waals surface area contributed by atoms with E-state index in [1.54, 1.807) is 0 Å². The van der Waals surface area contributed by atoms with Crippen LogP contribution in [0, 0.1) is 13.8 Å². The Morgan fingerprint density at radius 3 is 2.78 bits per heavy atom. The summed E-state index contributed by atoms with van der Waals surface area (Å²) in [4.78, 5) is 0. The second-order valence-electron chi connectivity index (χ2n) is 5.07. The summed E-state index contributed by atoms with van der Waals surface area (Å²) in [5.74, 6) is 0. The number of aromatic nitrogens is 2. The molecule has 1 saturated heterocycles. The molecular weight excluding hydrogens is 222 g/mol. The number of aryl methyl sites for hydroxylation is 2. The summed E-state index contributed by atoms with van der Waals surface area (Å²) in [5.41, 5.74) is 4.99. The third-order valence-corrected chi connectivity index (χ3v) is 3.76. The topological polar surface area (TPSA) is 29.9 Å².